The number of benzene rings is 2. The van der Waals surface area contributed by atoms with Gasteiger partial charge in [0.2, 0.25) is 0 Å². The van der Waals surface area contributed by atoms with Crippen LogP contribution in [0.5, 0.6) is 0 Å². The van der Waals surface area contributed by atoms with Crippen molar-refractivity contribution in [1.29, 1.82) is 5.26 Å². The lowest BCUT2D eigenvalue weighted by atomic mass is 10.1. The van der Waals surface area contributed by atoms with E-state index < -0.39 is 0 Å². The number of nitriles is 1. The van der Waals surface area contributed by atoms with Gasteiger partial charge in [-0.25, -0.2) is 0 Å². The molecule has 0 radical (unpaired) electrons. The lowest BCUT2D eigenvalue weighted by molar-refractivity contribution is 0.0742. The number of rotatable bonds is 3. The van der Waals surface area contributed by atoms with Gasteiger partial charge in [-0.05, 0) is 42.8 Å². The Kier molecular flexibility index (Phi) is 4.62. The summed E-state index contributed by atoms with van der Waals surface area (Å²) in [4.78, 5) is 14.1. The van der Waals surface area contributed by atoms with Crippen LogP contribution in [0.1, 0.15) is 34.5 Å². The van der Waals surface area contributed by atoms with Crippen LogP contribution in [0.4, 0.5) is 0 Å². The SMILES string of the molecule is CC(c1cccc(Cl)c1)N(C)C(=O)c1cccc(C#N)c1. The highest BCUT2D eigenvalue weighted by Crippen LogP contribution is 2.23. The van der Waals surface area contributed by atoms with Crippen molar-refractivity contribution < 1.29 is 4.79 Å². The zero-order valence-electron chi connectivity index (χ0n) is 11.9. The van der Waals surface area contributed by atoms with Gasteiger partial charge in [0.1, 0.15) is 0 Å². The Labute approximate surface area is 129 Å². The van der Waals surface area contributed by atoms with Crippen LogP contribution in [-0.4, -0.2) is 17.9 Å². The maximum absolute atomic E-state index is 12.5. The minimum absolute atomic E-state index is 0.109. The molecule has 0 spiro atoms. The summed E-state index contributed by atoms with van der Waals surface area (Å²) in [6.45, 7) is 1.94. The van der Waals surface area contributed by atoms with Crippen molar-refractivity contribution in [3.05, 3.63) is 70.2 Å². The highest BCUT2D eigenvalue weighted by atomic mass is 35.5. The first kappa shape index (κ1) is 15.1. The molecule has 0 saturated heterocycles. The van der Waals surface area contributed by atoms with Gasteiger partial charge in [-0.1, -0.05) is 29.8 Å². The van der Waals surface area contributed by atoms with E-state index in [2.05, 4.69) is 0 Å². The van der Waals surface area contributed by atoms with Crippen molar-refractivity contribution in [3.8, 4) is 6.07 Å². The number of amides is 1. The summed E-state index contributed by atoms with van der Waals surface area (Å²) in [5.74, 6) is -0.125. The van der Waals surface area contributed by atoms with Gasteiger partial charge in [-0.2, -0.15) is 5.26 Å². The minimum Gasteiger partial charge on any atom is -0.335 e. The van der Waals surface area contributed by atoms with Gasteiger partial charge >= 0.3 is 0 Å². The van der Waals surface area contributed by atoms with Crippen LogP contribution in [0.3, 0.4) is 0 Å². The minimum atomic E-state index is -0.125. The fourth-order valence-corrected chi connectivity index (χ4v) is 2.29. The largest absolute Gasteiger partial charge is 0.335 e. The summed E-state index contributed by atoms with van der Waals surface area (Å²) in [6, 6.07) is 16.1. The van der Waals surface area contributed by atoms with Crippen molar-refractivity contribution in [2.24, 2.45) is 0 Å². The van der Waals surface area contributed by atoms with Crippen LogP contribution < -0.4 is 0 Å². The second-order valence-electron chi connectivity index (χ2n) is 4.84. The van der Waals surface area contributed by atoms with Gasteiger partial charge in [0.05, 0.1) is 17.7 Å². The molecule has 0 saturated carbocycles. The molecule has 0 aliphatic rings. The molecule has 0 aliphatic heterocycles. The molecule has 2 aromatic rings. The smallest absolute Gasteiger partial charge is 0.254 e. The highest BCUT2D eigenvalue weighted by molar-refractivity contribution is 6.30. The topological polar surface area (TPSA) is 44.1 Å². The first-order valence-electron chi connectivity index (χ1n) is 6.55. The van der Waals surface area contributed by atoms with Crippen LogP contribution in [0.2, 0.25) is 5.02 Å². The lowest BCUT2D eigenvalue weighted by Crippen LogP contribution is -2.29. The quantitative estimate of drug-likeness (QED) is 0.858. The molecule has 0 heterocycles. The monoisotopic (exact) mass is 298 g/mol. The average Bonchev–Trinajstić information content (AvgIpc) is 2.52. The Bertz CT molecular complexity index is 706. The molecule has 2 aromatic carbocycles. The van der Waals surface area contributed by atoms with Gasteiger partial charge in [0, 0.05) is 17.6 Å². The zero-order valence-corrected chi connectivity index (χ0v) is 12.6. The maximum Gasteiger partial charge on any atom is 0.254 e. The highest BCUT2D eigenvalue weighted by Gasteiger charge is 2.19. The van der Waals surface area contributed by atoms with Gasteiger partial charge in [-0.15, -0.1) is 0 Å². The van der Waals surface area contributed by atoms with E-state index in [9.17, 15) is 4.79 Å². The standard InChI is InChI=1S/C17H15ClN2O/c1-12(14-6-4-8-16(18)10-14)20(2)17(21)15-7-3-5-13(9-15)11-19/h3-10,12H,1-2H3. The van der Waals surface area contributed by atoms with Crippen LogP contribution in [0.25, 0.3) is 0 Å². The van der Waals surface area contributed by atoms with Gasteiger partial charge < -0.3 is 4.90 Å². The van der Waals surface area contributed by atoms with E-state index in [1.807, 2.05) is 31.2 Å². The first-order chi connectivity index (χ1) is 10.0. The number of hydrogen-bond acceptors (Lipinski definition) is 2. The number of nitrogens with zero attached hydrogens (tertiary/aromatic N) is 2. The second-order valence-corrected chi connectivity index (χ2v) is 5.28. The number of halogens is 1. The molecule has 1 amide bonds. The Morgan fingerprint density at radius 1 is 1.24 bits per heavy atom. The van der Waals surface area contributed by atoms with Crippen LogP contribution in [0.15, 0.2) is 48.5 Å². The summed E-state index contributed by atoms with van der Waals surface area (Å²) in [5, 5.41) is 9.56. The molecule has 0 fully saturated rings. The van der Waals surface area contributed by atoms with Crippen molar-refractivity contribution in [2.45, 2.75) is 13.0 Å². The Balaban J connectivity index is 2.24. The molecule has 4 heteroatoms. The molecule has 21 heavy (non-hydrogen) atoms. The van der Waals surface area contributed by atoms with Crippen molar-refractivity contribution >= 4 is 17.5 Å². The Morgan fingerprint density at radius 2 is 1.95 bits per heavy atom. The zero-order chi connectivity index (χ0) is 15.4. The Hall–Kier alpha value is -2.31. The molecule has 3 nitrogen and oxygen atoms in total. The predicted molar refractivity (Wildman–Crippen MR) is 83.1 cm³/mol. The first-order valence-corrected chi connectivity index (χ1v) is 6.93. The van der Waals surface area contributed by atoms with E-state index in [1.165, 1.54) is 0 Å². The maximum atomic E-state index is 12.5. The van der Waals surface area contributed by atoms with Crippen molar-refractivity contribution in [2.75, 3.05) is 7.05 Å². The number of hydrogen-bond donors (Lipinski definition) is 0. The second kappa shape index (κ2) is 6.43. The third-order valence-corrected chi connectivity index (χ3v) is 3.71. The molecule has 0 aliphatic carbocycles. The lowest BCUT2D eigenvalue weighted by Gasteiger charge is -2.25. The molecule has 1 atom stereocenters. The van der Waals surface area contributed by atoms with E-state index in [1.54, 1.807) is 42.3 Å². The Morgan fingerprint density at radius 3 is 2.62 bits per heavy atom. The molecule has 0 bridgehead atoms. The summed E-state index contributed by atoms with van der Waals surface area (Å²) < 4.78 is 0. The van der Waals surface area contributed by atoms with E-state index in [4.69, 9.17) is 16.9 Å². The van der Waals surface area contributed by atoms with Crippen LogP contribution in [0, 0.1) is 11.3 Å². The van der Waals surface area contributed by atoms with Crippen LogP contribution >= 0.6 is 11.6 Å². The molecular weight excluding hydrogens is 284 g/mol. The molecule has 1 unspecified atom stereocenters. The molecule has 106 valence electrons. The van der Waals surface area contributed by atoms with Crippen molar-refractivity contribution in [1.82, 2.24) is 4.90 Å². The van der Waals surface area contributed by atoms with E-state index in [0.29, 0.717) is 16.1 Å². The summed E-state index contributed by atoms with van der Waals surface area (Å²) in [5.41, 5.74) is 1.95. The predicted octanol–water partition coefficient (Wildman–Crippen LogP) is 4.04. The van der Waals surface area contributed by atoms with Gasteiger partial charge in [0.25, 0.3) is 5.91 Å². The average molecular weight is 299 g/mol. The molecule has 0 N–H and O–H groups in total. The summed E-state index contributed by atoms with van der Waals surface area (Å²) in [7, 11) is 1.74. The van der Waals surface area contributed by atoms with Gasteiger partial charge in [-0.3, -0.25) is 4.79 Å². The fourth-order valence-electron chi connectivity index (χ4n) is 2.09. The van der Waals surface area contributed by atoms with E-state index in [0.717, 1.165) is 5.56 Å². The van der Waals surface area contributed by atoms with Crippen LogP contribution in [-0.2, 0) is 0 Å². The normalized spacial score (nSPS) is 11.5. The summed E-state index contributed by atoms with van der Waals surface area (Å²) in [6.07, 6.45) is 0. The van der Waals surface area contributed by atoms with Gasteiger partial charge in [0.15, 0.2) is 0 Å². The molecular formula is C17H15ClN2O. The van der Waals surface area contributed by atoms with E-state index in [-0.39, 0.29) is 11.9 Å². The van der Waals surface area contributed by atoms with Crippen molar-refractivity contribution in [3.63, 3.8) is 0 Å². The fraction of sp³-hybridized carbons (Fsp3) is 0.176. The van der Waals surface area contributed by atoms with E-state index >= 15 is 0 Å². The molecule has 0 aromatic heterocycles. The summed E-state index contributed by atoms with van der Waals surface area (Å²) >= 11 is 5.99. The number of carbonyl (C=O) groups excluding carboxylic acids is 1. The third kappa shape index (κ3) is 3.42. The third-order valence-electron chi connectivity index (χ3n) is 3.47. The number of carbonyl (C=O) groups is 1. The molecule has 2 rings (SSSR count).